The lowest BCUT2D eigenvalue weighted by Crippen LogP contribution is -2.36. The molecule has 4 atom stereocenters. The molecule has 226 valence electrons. The molecule has 0 aromatic heterocycles. The number of hydrogen-bond donors (Lipinski definition) is 1. The number of carbonyl (C=O) groups is 4. The summed E-state index contributed by atoms with van der Waals surface area (Å²) in [7, 11) is 0. The molecule has 1 rings (SSSR count). The molecular weight excluding hydrogens is 522 g/mol. The third kappa shape index (κ3) is 14.2. The quantitative estimate of drug-likeness (QED) is 0.153. The van der Waals surface area contributed by atoms with Crippen LogP contribution in [0.25, 0.3) is 0 Å². The van der Waals surface area contributed by atoms with E-state index in [-0.39, 0.29) is 55.0 Å². The Bertz CT molecular complexity index is 964. The summed E-state index contributed by atoms with van der Waals surface area (Å²) in [6.07, 6.45) is -0.0453. The Labute approximate surface area is 236 Å². The van der Waals surface area contributed by atoms with Crippen molar-refractivity contribution in [2.75, 3.05) is 6.61 Å². The molecule has 1 aromatic carbocycles. The van der Waals surface area contributed by atoms with E-state index in [4.69, 9.17) is 34.2 Å². The third-order valence-corrected chi connectivity index (χ3v) is 5.51. The fraction of sp³-hybridized carbons (Fsp3) is 0.655. The van der Waals surface area contributed by atoms with Crippen molar-refractivity contribution >= 4 is 24.2 Å². The summed E-state index contributed by atoms with van der Waals surface area (Å²) in [6.45, 7) is 12.7. The standard InChI is InChI=1S/C29H45NO10/c1-8-10-19(5)37-28(33)39-24-13-12-22(16-25(24)40-29(34)38-20(6)11-9-2)15-23(30)27(32)35-17-21(7)36-26(31)14-18(3)4/h12-13,16,18-21,23H,8-11,14-15,17,30H2,1-7H3/t19?,20?,21-,23-/m0/s1. The monoisotopic (exact) mass is 567 g/mol. The number of ether oxygens (including phenoxy) is 6. The molecule has 0 fully saturated rings. The van der Waals surface area contributed by atoms with Crippen LogP contribution in [0.2, 0.25) is 0 Å². The lowest BCUT2D eigenvalue weighted by Gasteiger charge is -2.18. The van der Waals surface area contributed by atoms with Crippen LogP contribution in [-0.2, 0) is 35.0 Å². The molecule has 0 saturated carbocycles. The minimum absolute atomic E-state index is 0.0241. The van der Waals surface area contributed by atoms with E-state index in [0.29, 0.717) is 18.4 Å². The fourth-order valence-corrected chi connectivity index (χ4v) is 3.61. The van der Waals surface area contributed by atoms with Crippen molar-refractivity contribution in [1.82, 2.24) is 0 Å². The minimum atomic E-state index is -1.06. The third-order valence-electron chi connectivity index (χ3n) is 5.51. The van der Waals surface area contributed by atoms with Gasteiger partial charge < -0.3 is 34.2 Å². The highest BCUT2D eigenvalue weighted by Crippen LogP contribution is 2.30. The van der Waals surface area contributed by atoms with Crippen LogP contribution < -0.4 is 15.2 Å². The second-order valence-corrected chi connectivity index (χ2v) is 10.3. The van der Waals surface area contributed by atoms with E-state index in [2.05, 4.69) is 0 Å². The molecule has 0 aliphatic carbocycles. The summed E-state index contributed by atoms with van der Waals surface area (Å²) in [5.41, 5.74) is 6.54. The predicted molar refractivity (Wildman–Crippen MR) is 147 cm³/mol. The van der Waals surface area contributed by atoms with Gasteiger partial charge in [-0.1, -0.05) is 46.6 Å². The van der Waals surface area contributed by atoms with Crippen molar-refractivity contribution in [3.8, 4) is 11.5 Å². The van der Waals surface area contributed by atoms with Crippen LogP contribution in [0.3, 0.4) is 0 Å². The van der Waals surface area contributed by atoms with E-state index in [9.17, 15) is 19.2 Å². The second kappa shape index (κ2) is 18.1. The minimum Gasteiger partial charge on any atom is -0.461 e. The smallest absolute Gasteiger partial charge is 0.461 e. The van der Waals surface area contributed by atoms with E-state index in [0.717, 1.165) is 12.8 Å². The molecule has 11 heteroatoms. The molecule has 1 aromatic rings. The van der Waals surface area contributed by atoms with Crippen LogP contribution in [0.1, 0.15) is 86.1 Å². The molecule has 0 radical (unpaired) electrons. The Kier molecular flexibility index (Phi) is 15.7. The van der Waals surface area contributed by atoms with Crippen LogP contribution in [0.4, 0.5) is 9.59 Å². The maximum Gasteiger partial charge on any atom is 0.514 e. The summed E-state index contributed by atoms with van der Waals surface area (Å²) in [6, 6.07) is 3.34. The lowest BCUT2D eigenvalue weighted by molar-refractivity contribution is -0.159. The number of esters is 2. The van der Waals surface area contributed by atoms with E-state index < -0.39 is 30.4 Å². The van der Waals surface area contributed by atoms with Gasteiger partial charge in [-0.15, -0.1) is 0 Å². The van der Waals surface area contributed by atoms with Crippen LogP contribution >= 0.6 is 0 Å². The van der Waals surface area contributed by atoms with Gasteiger partial charge in [-0.3, -0.25) is 9.59 Å². The molecule has 11 nitrogen and oxygen atoms in total. The summed E-state index contributed by atoms with van der Waals surface area (Å²) < 4.78 is 31.5. The number of rotatable bonds is 16. The lowest BCUT2D eigenvalue weighted by atomic mass is 10.1. The van der Waals surface area contributed by atoms with Gasteiger partial charge in [-0.25, -0.2) is 9.59 Å². The Morgan fingerprint density at radius 3 is 1.85 bits per heavy atom. The van der Waals surface area contributed by atoms with Gasteiger partial charge in [0.05, 0.1) is 0 Å². The number of carbonyl (C=O) groups excluding carboxylic acids is 4. The molecule has 40 heavy (non-hydrogen) atoms. The van der Waals surface area contributed by atoms with Crippen LogP contribution in [-0.4, -0.2) is 55.2 Å². The number of nitrogens with two attached hydrogens (primary N) is 1. The van der Waals surface area contributed by atoms with E-state index >= 15 is 0 Å². The first-order valence-corrected chi connectivity index (χ1v) is 13.9. The molecule has 0 amide bonds. The molecule has 0 bridgehead atoms. The molecule has 0 aliphatic rings. The van der Waals surface area contributed by atoms with E-state index in [1.165, 1.54) is 12.1 Å². The molecule has 0 heterocycles. The molecule has 0 aliphatic heterocycles. The zero-order chi connectivity index (χ0) is 30.2. The van der Waals surface area contributed by atoms with Gasteiger partial charge in [-0.2, -0.15) is 0 Å². The SMILES string of the molecule is CCCC(C)OC(=O)Oc1ccc(C[C@H](N)C(=O)OC[C@H](C)OC(=O)CC(C)C)cc1OC(=O)OC(C)CCC. The zero-order valence-electron chi connectivity index (χ0n) is 24.7. The normalized spacial score (nSPS) is 13.9. The maximum atomic E-state index is 12.5. The average Bonchev–Trinajstić information content (AvgIpc) is 2.83. The van der Waals surface area contributed by atoms with Gasteiger partial charge in [0, 0.05) is 6.42 Å². The van der Waals surface area contributed by atoms with Crippen molar-refractivity contribution in [2.45, 2.75) is 111 Å². The maximum absolute atomic E-state index is 12.5. The summed E-state index contributed by atoms with van der Waals surface area (Å²) in [4.78, 5) is 48.9. The fourth-order valence-electron chi connectivity index (χ4n) is 3.61. The van der Waals surface area contributed by atoms with E-state index in [1.54, 1.807) is 26.8 Å². The molecular formula is C29H45NO10. The summed E-state index contributed by atoms with van der Waals surface area (Å²) >= 11 is 0. The topological polar surface area (TPSA) is 150 Å². The Hall–Kier alpha value is -3.34. The van der Waals surface area contributed by atoms with E-state index in [1.807, 2.05) is 27.7 Å². The molecule has 0 saturated heterocycles. The van der Waals surface area contributed by atoms with Crippen molar-refractivity contribution in [2.24, 2.45) is 11.7 Å². The van der Waals surface area contributed by atoms with Gasteiger partial charge in [0.1, 0.15) is 31.0 Å². The zero-order valence-corrected chi connectivity index (χ0v) is 24.7. The highest BCUT2D eigenvalue weighted by Gasteiger charge is 2.22. The van der Waals surface area contributed by atoms with Crippen molar-refractivity contribution in [1.29, 1.82) is 0 Å². The highest BCUT2D eigenvalue weighted by molar-refractivity contribution is 5.76. The largest absolute Gasteiger partial charge is 0.514 e. The van der Waals surface area contributed by atoms with Gasteiger partial charge in [-0.05, 0) is 63.6 Å². The first-order valence-electron chi connectivity index (χ1n) is 13.9. The molecule has 0 spiro atoms. The number of hydrogen-bond acceptors (Lipinski definition) is 11. The number of benzene rings is 1. The van der Waals surface area contributed by atoms with Gasteiger partial charge in [0.25, 0.3) is 0 Å². The highest BCUT2D eigenvalue weighted by atomic mass is 16.7. The first kappa shape index (κ1) is 34.7. The summed E-state index contributed by atoms with van der Waals surface area (Å²) in [5.74, 6) is -1.08. The second-order valence-electron chi connectivity index (χ2n) is 10.3. The van der Waals surface area contributed by atoms with Gasteiger partial charge >= 0.3 is 24.2 Å². The van der Waals surface area contributed by atoms with Crippen molar-refractivity contribution < 1.29 is 47.6 Å². The Balaban J connectivity index is 2.91. The Morgan fingerprint density at radius 2 is 1.32 bits per heavy atom. The average molecular weight is 568 g/mol. The summed E-state index contributed by atoms with van der Waals surface area (Å²) in [5, 5.41) is 0. The van der Waals surface area contributed by atoms with Crippen LogP contribution in [0.15, 0.2) is 18.2 Å². The van der Waals surface area contributed by atoms with Gasteiger partial charge in [0.2, 0.25) is 0 Å². The molecule has 2 N–H and O–H groups in total. The van der Waals surface area contributed by atoms with Crippen LogP contribution in [0, 0.1) is 5.92 Å². The van der Waals surface area contributed by atoms with Crippen molar-refractivity contribution in [3.05, 3.63) is 23.8 Å². The first-order chi connectivity index (χ1) is 18.8. The van der Waals surface area contributed by atoms with Crippen LogP contribution in [0.5, 0.6) is 11.5 Å². The van der Waals surface area contributed by atoms with Crippen molar-refractivity contribution in [3.63, 3.8) is 0 Å². The molecule has 2 unspecified atom stereocenters. The van der Waals surface area contributed by atoms with Gasteiger partial charge in [0.15, 0.2) is 11.5 Å². The predicted octanol–water partition coefficient (Wildman–Crippen LogP) is 5.49. The Morgan fingerprint density at radius 1 is 0.775 bits per heavy atom.